The van der Waals surface area contributed by atoms with Crippen molar-refractivity contribution in [2.75, 3.05) is 0 Å². The number of halogens is 2. The van der Waals surface area contributed by atoms with Gasteiger partial charge in [-0.25, -0.2) is 4.68 Å². The average molecular weight is 420 g/mol. The Bertz CT molecular complexity index is 696. The lowest BCUT2D eigenvalue weighted by Gasteiger charge is -2.20. The fourth-order valence-corrected chi connectivity index (χ4v) is 4.83. The Kier molecular flexibility index (Phi) is 3.74. The van der Waals surface area contributed by atoms with Crippen LogP contribution in [0.5, 0.6) is 0 Å². The maximum absolute atomic E-state index is 11.8. The van der Waals surface area contributed by atoms with E-state index in [0.717, 1.165) is 13.1 Å². The number of thiophene rings is 1. The van der Waals surface area contributed by atoms with Crippen molar-refractivity contribution in [3.63, 3.8) is 0 Å². The molecule has 3 heterocycles. The Morgan fingerprint density at radius 3 is 2.85 bits per heavy atom. The molecule has 1 aliphatic rings. The summed E-state index contributed by atoms with van der Waals surface area (Å²) in [5.74, 6) is -0.570. The third-order valence-corrected chi connectivity index (χ3v) is 5.31. The summed E-state index contributed by atoms with van der Waals surface area (Å²) in [4.78, 5) is 22.9. The number of nitrogens with zero attached hydrogens (tertiary/aromatic N) is 3. The quantitative estimate of drug-likeness (QED) is 0.758. The van der Waals surface area contributed by atoms with E-state index in [1.807, 2.05) is 6.07 Å². The minimum Gasteiger partial charge on any atom is -0.295 e. The molecule has 1 N–H and O–H groups in total. The van der Waals surface area contributed by atoms with Crippen LogP contribution in [0.1, 0.15) is 18.9 Å². The predicted molar refractivity (Wildman–Crippen MR) is 80.2 cm³/mol. The standard InChI is InChI=1S/C11H8Br2N4O2S/c12-8-3-5(10(13)20-8)6-4-17(16-15-6)7-1-2-9(18)14-11(7)19/h3-4,7H,1-2H2,(H,14,18,19). The minimum atomic E-state index is -0.477. The zero-order chi connectivity index (χ0) is 14.3. The molecule has 1 unspecified atom stereocenters. The molecule has 0 saturated carbocycles. The van der Waals surface area contributed by atoms with Crippen LogP contribution in [0.3, 0.4) is 0 Å². The maximum Gasteiger partial charge on any atom is 0.251 e. The molecule has 2 amide bonds. The van der Waals surface area contributed by atoms with Crippen LogP contribution in [-0.2, 0) is 9.59 Å². The Morgan fingerprint density at radius 2 is 2.20 bits per heavy atom. The molecule has 0 spiro atoms. The molecule has 3 rings (SSSR count). The molecule has 2 aromatic rings. The average Bonchev–Trinajstić information content (AvgIpc) is 2.96. The van der Waals surface area contributed by atoms with Gasteiger partial charge in [0.15, 0.2) is 0 Å². The molecule has 0 radical (unpaired) electrons. The van der Waals surface area contributed by atoms with Crippen LogP contribution >= 0.6 is 43.2 Å². The van der Waals surface area contributed by atoms with E-state index in [9.17, 15) is 9.59 Å². The number of piperidine rings is 1. The van der Waals surface area contributed by atoms with Crippen LogP contribution in [0.4, 0.5) is 0 Å². The Balaban J connectivity index is 1.89. The van der Waals surface area contributed by atoms with Crippen molar-refractivity contribution < 1.29 is 9.59 Å². The summed E-state index contributed by atoms with van der Waals surface area (Å²) in [5, 5.41) is 10.4. The predicted octanol–water partition coefficient (Wildman–Crippen LogP) is 2.51. The first-order chi connectivity index (χ1) is 9.54. The number of hydrogen-bond acceptors (Lipinski definition) is 5. The Hall–Kier alpha value is -1.06. The Morgan fingerprint density at radius 1 is 1.40 bits per heavy atom. The number of amides is 2. The summed E-state index contributed by atoms with van der Waals surface area (Å²) in [6, 6.07) is 1.46. The molecule has 2 aromatic heterocycles. The highest BCUT2D eigenvalue weighted by Gasteiger charge is 2.29. The van der Waals surface area contributed by atoms with Gasteiger partial charge in [0.05, 0.1) is 13.8 Å². The van der Waals surface area contributed by atoms with Crippen molar-refractivity contribution in [3.05, 3.63) is 19.8 Å². The number of nitrogens with one attached hydrogen (secondary N) is 1. The number of hydrogen-bond donors (Lipinski definition) is 1. The maximum atomic E-state index is 11.8. The van der Waals surface area contributed by atoms with Crippen molar-refractivity contribution >= 4 is 55.0 Å². The number of imide groups is 1. The molecule has 1 fully saturated rings. The number of rotatable bonds is 2. The molecule has 6 nitrogen and oxygen atoms in total. The van der Waals surface area contributed by atoms with Crippen molar-refractivity contribution in [2.24, 2.45) is 0 Å². The van der Waals surface area contributed by atoms with Gasteiger partial charge in [0.2, 0.25) is 5.91 Å². The first kappa shape index (κ1) is 13.9. The van der Waals surface area contributed by atoms with E-state index >= 15 is 0 Å². The van der Waals surface area contributed by atoms with Gasteiger partial charge in [0.25, 0.3) is 5.91 Å². The smallest absolute Gasteiger partial charge is 0.251 e. The van der Waals surface area contributed by atoms with Crippen LogP contribution in [0.25, 0.3) is 11.3 Å². The van der Waals surface area contributed by atoms with Crippen LogP contribution in [-0.4, -0.2) is 26.8 Å². The van der Waals surface area contributed by atoms with Crippen molar-refractivity contribution in [1.29, 1.82) is 0 Å². The fourth-order valence-electron chi connectivity index (χ4n) is 2.00. The minimum absolute atomic E-state index is 0.240. The summed E-state index contributed by atoms with van der Waals surface area (Å²) >= 11 is 8.42. The van der Waals surface area contributed by atoms with E-state index in [1.165, 1.54) is 4.68 Å². The molecular weight excluding hydrogens is 412 g/mol. The first-order valence-electron chi connectivity index (χ1n) is 5.75. The molecule has 104 valence electrons. The zero-order valence-electron chi connectivity index (χ0n) is 9.97. The van der Waals surface area contributed by atoms with Gasteiger partial charge in [-0.1, -0.05) is 5.21 Å². The second-order valence-corrected chi connectivity index (χ2v) is 8.04. The van der Waals surface area contributed by atoms with Gasteiger partial charge in [-0.05, 0) is 44.3 Å². The molecular formula is C11H8Br2N4O2S. The highest BCUT2D eigenvalue weighted by molar-refractivity contribution is 9.12. The lowest BCUT2D eigenvalue weighted by Crippen LogP contribution is -2.41. The SMILES string of the molecule is O=C1CCC(n2cc(-c3cc(Br)sc3Br)nn2)C(=O)N1. The normalized spacial score (nSPS) is 19.2. The molecule has 1 saturated heterocycles. The highest BCUT2D eigenvalue weighted by atomic mass is 79.9. The van der Waals surface area contributed by atoms with E-state index < -0.39 is 6.04 Å². The van der Waals surface area contributed by atoms with Gasteiger partial charge >= 0.3 is 0 Å². The molecule has 0 bridgehead atoms. The molecule has 0 aliphatic carbocycles. The van der Waals surface area contributed by atoms with Gasteiger partial charge in [-0.15, -0.1) is 16.4 Å². The van der Waals surface area contributed by atoms with Crippen LogP contribution in [0.2, 0.25) is 0 Å². The van der Waals surface area contributed by atoms with Crippen LogP contribution < -0.4 is 5.32 Å². The highest BCUT2D eigenvalue weighted by Crippen LogP contribution is 2.37. The zero-order valence-corrected chi connectivity index (χ0v) is 14.0. The van der Waals surface area contributed by atoms with E-state index in [4.69, 9.17) is 0 Å². The van der Waals surface area contributed by atoms with Crippen LogP contribution in [0.15, 0.2) is 19.8 Å². The van der Waals surface area contributed by atoms with E-state index in [-0.39, 0.29) is 11.8 Å². The molecule has 20 heavy (non-hydrogen) atoms. The lowest BCUT2D eigenvalue weighted by atomic mass is 10.1. The van der Waals surface area contributed by atoms with Gasteiger partial charge in [-0.3, -0.25) is 14.9 Å². The second kappa shape index (κ2) is 5.38. The molecule has 0 aromatic carbocycles. The fraction of sp³-hybridized carbons (Fsp3) is 0.273. The topological polar surface area (TPSA) is 76.9 Å². The monoisotopic (exact) mass is 418 g/mol. The van der Waals surface area contributed by atoms with Gasteiger partial charge in [0.1, 0.15) is 11.7 Å². The molecule has 9 heteroatoms. The van der Waals surface area contributed by atoms with E-state index in [0.29, 0.717) is 18.5 Å². The summed E-state index contributed by atoms with van der Waals surface area (Å²) in [6.45, 7) is 0. The number of aromatic nitrogens is 3. The summed E-state index contributed by atoms with van der Waals surface area (Å²) in [6.07, 6.45) is 2.49. The first-order valence-corrected chi connectivity index (χ1v) is 8.15. The second-order valence-electron chi connectivity index (χ2n) is 4.29. The largest absolute Gasteiger partial charge is 0.295 e. The lowest BCUT2D eigenvalue weighted by molar-refractivity contribution is -0.136. The van der Waals surface area contributed by atoms with Crippen molar-refractivity contribution in [1.82, 2.24) is 20.3 Å². The third kappa shape index (κ3) is 2.57. The summed E-state index contributed by atoms with van der Waals surface area (Å²) < 4.78 is 3.43. The van der Waals surface area contributed by atoms with E-state index in [2.05, 4.69) is 47.5 Å². The molecule has 1 aliphatic heterocycles. The van der Waals surface area contributed by atoms with E-state index in [1.54, 1.807) is 17.5 Å². The van der Waals surface area contributed by atoms with Crippen molar-refractivity contribution in [3.8, 4) is 11.3 Å². The van der Waals surface area contributed by atoms with Crippen LogP contribution in [0, 0.1) is 0 Å². The van der Waals surface area contributed by atoms with Gasteiger partial charge < -0.3 is 0 Å². The summed E-state index contributed by atoms with van der Waals surface area (Å²) in [7, 11) is 0. The third-order valence-electron chi connectivity index (χ3n) is 2.97. The number of carbonyl (C=O) groups excluding carboxylic acids is 2. The summed E-state index contributed by atoms with van der Waals surface area (Å²) in [5.41, 5.74) is 1.60. The Labute approximate surface area is 134 Å². The van der Waals surface area contributed by atoms with Crippen molar-refractivity contribution in [2.45, 2.75) is 18.9 Å². The molecule has 1 atom stereocenters. The van der Waals surface area contributed by atoms with Gasteiger partial charge in [0, 0.05) is 12.0 Å². The van der Waals surface area contributed by atoms with Gasteiger partial charge in [-0.2, -0.15) is 0 Å². The number of carbonyl (C=O) groups is 2.